The van der Waals surface area contributed by atoms with Gasteiger partial charge in [0.05, 0.1) is 19.4 Å². The monoisotopic (exact) mass is 225 g/mol. The van der Waals surface area contributed by atoms with E-state index in [2.05, 4.69) is 10.2 Å². The highest BCUT2D eigenvalue weighted by molar-refractivity contribution is 4.98. The summed E-state index contributed by atoms with van der Waals surface area (Å²) in [6.45, 7) is 4.71. The number of nitrogens with one attached hydrogen (secondary N) is 1. The molecule has 0 spiro atoms. The zero-order valence-corrected chi connectivity index (χ0v) is 9.39. The van der Waals surface area contributed by atoms with E-state index in [1.807, 2.05) is 12.1 Å². The number of furan rings is 1. The molecule has 1 saturated heterocycles. The Balaban J connectivity index is 1.92. The first kappa shape index (κ1) is 11.6. The van der Waals surface area contributed by atoms with Gasteiger partial charge < -0.3 is 20.2 Å². The largest absolute Gasteiger partial charge is 0.468 e. The topological polar surface area (TPSA) is 63.7 Å². The van der Waals surface area contributed by atoms with Crippen molar-refractivity contribution < 1.29 is 9.15 Å². The second-order valence-electron chi connectivity index (χ2n) is 3.87. The molecule has 16 heavy (non-hydrogen) atoms. The number of hydrogen-bond donors (Lipinski definition) is 2. The van der Waals surface area contributed by atoms with Crippen LogP contribution in [0.3, 0.4) is 0 Å². The second-order valence-corrected chi connectivity index (χ2v) is 3.87. The Morgan fingerprint density at radius 1 is 1.56 bits per heavy atom. The molecule has 90 valence electrons. The van der Waals surface area contributed by atoms with E-state index in [-0.39, 0.29) is 6.23 Å². The van der Waals surface area contributed by atoms with Gasteiger partial charge in [0.25, 0.3) is 0 Å². The third-order valence-corrected chi connectivity index (χ3v) is 2.67. The summed E-state index contributed by atoms with van der Waals surface area (Å²) >= 11 is 0. The zero-order chi connectivity index (χ0) is 11.2. The molecular weight excluding hydrogens is 206 g/mol. The summed E-state index contributed by atoms with van der Waals surface area (Å²) in [5, 5.41) is 3.32. The quantitative estimate of drug-likeness (QED) is 0.737. The minimum atomic E-state index is 0.0994. The van der Waals surface area contributed by atoms with Gasteiger partial charge in [-0.2, -0.15) is 0 Å². The summed E-state index contributed by atoms with van der Waals surface area (Å²) < 4.78 is 11.1. The van der Waals surface area contributed by atoms with Gasteiger partial charge in [0.1, 0.15) is 12.0 Å². The average molecular weight is 225 g/mol. The number of morpholine rings is 1. The molecular formula is C11H19N3O2. The fourth-order valence-corrected chi connectivity index (χ4v) is 1.88. The average Bonchev–Trinajstić information content (AvgIpc) is 2.83. The molecule has 0 amide bonds. The molecule has 0 aromatic carbocycles. The van der Waals surface area contributed by atoms with Gasteiger partial charge in [0.2, 0.25) is 0 Å². The Labute approximate surface area is 95.5 Å². The lowest BCUT2D eigenvalue weighted by molar-refractivity contribution is -0.0799. The van der Waals surface area contributed by atoms with Gasteiger partial charge in [-0.25, -0.2) is 0 Å². The molecule has 3 N–H and O–H groups in total. The van der Waals surface area contributed by atoms with Gasteiger partial charge in [-0.05, 0) is 12.1 Å². The molecule has 0 aliphatic carbocycles. The van der Waals surface area contributed by atoms with Crippen LogP contribution in [-0.2, 0) is 11.3 Å². The SMILES string of the molecule is NCCN(Cc1ccco1)C1CNCCO1. The van der Waals surface area contributed by atoms with E-state index in [0.717, 1.165) is 38.5 Å². The van der Waals surface area contributed by atoms with Crippen LogP contribution in [0.1, 0.15) is 5.76 Å². The second kappa shape index (κ2) is 6.00. The molecule has 0 radical (unpaired) electrons. The van der Waals surface area contributed by atoms with Crippen molar-refractivity contribution in [2.75, 3.05) is 32.8 Å². The predicted molar refractivity (Wildman–Crippen MR) is 60.8 cm³/mol. The maximum absolute atomic E-state index is 5.71. The van der Waals surface area contributed by atoms with Gasteiger partial charge in [0, 0.05) is 26.2 Å². The van der Waals surface area contributed by atoms with Gasteiger partial charge in [0.15, 0.2) is 0 Å². The lowest BCUT2D eigenvalue weighted by atomic mass is 10.3. The Morgan fingerprint density at radius 3 is 3.12 bits per heavy atom. The summed E-state index contributed by atoms with van der Waals surface area (Å²) in [6, 6.07) is 3.87. The maximum atomic E-state index is 5.71. The Kier molecular flexibility index (Phi) is 4.35. The van der Waals surface area contributed by atoms with E-state index in [9.17, 15) is 0 Å². The van der Waals surface area contributed by atoms with Crippen LogP contribution >= 0.6 is 0 Å². The van der Waals surface area contributed by atoms with Gasteiger partial charge in [-0.3, -0.25) is 4.90 Å². The highest BCUT2D eigenvalue weighted by Crippen LogP contribution is 2.10. The van der Waals surface area contributed by atoms with Crippen molar-refractivity contribution in [2.24, 2.45) is 5.73 Å². The molecule has 1 fully saturated rings. The van der Waals surface area contributed by atoms with Crippen LogP contribution in [-0.4, -0.2) is 43.9 Å². The molecule has 1 aromatic rings. The first-order valence-electron chi connectivity index (χ1n) is 5.69. The van der Waals surface area contributed by atoms with E-state index >= 15 is 0 Å². The van der Waals surface area contributed by atoms with Crippen molar-refractivity contribution in [3.05, 3.63) is 24.2 Å². The molecule has 1 aromatic heterocycles. The molecule has 2 heterocycles. The summed E-state index contributed by atoms with van der Waals surface area (Å²) in [6.07, 6.45) is 1.79. The van der Waals surface area contributed by atoms with Crippen molar-refractivity contribution in [1.29, 1.82) is 0 Å². The number of nitrogens with two attached hydrogens (primary N) is 1. The molecule has 1 atom stereocenters. The molecule has 1 aliphatic heterocycles. The van der Waals surface area contributed by atoms with Crippen LogP contribution in [0, 0.1) is 0 Å². The molecule has 2 rings (SSSR count). The highest BCUT2D eigenvalue weighted by Gasteiger charge is 2.21. The summed E-state index contributed by atoms with van der Waals surface area (Å²) in [4.78, 5) is 2.20. The van der Waals surface area contributed by atoms with Crippen molar-refractivity contribution in [3.63, 3.8) is 0 Å². The Bertz CT molecular complexity index is 283. The van der Waals surface area contributed by atoms with Gasteiger partial charge in [-0.15, -0.1) is 0 Å². The smallest absolute Gasteiger partial charge is 0.123 e. The molecule has 5 heteroatoms. The Morgan fingerprint density at radius 2 is 2.50 bits per heavy atom. The normalized spacial score (nSPS) is 21.5. The Hall–Kier alpha value is -0.880. The standard InChI is InChI=1S/C11H19N3O2/c12-3-5-14(9-10-2-1-6-15-10)11-8-13-4-7-16-11/h1-2,6,11,13H,3-5,7-9,12H2. The van der Waals surface area contributed by atoms with Crippen LogP contribution in [0.5, 0.6) is 0 Å². The van der Waals surface area contributed by atoms with E-state index in [1.54, 1.807) is 6.26 Å². The molecule has 1 aliphatic rings. The molecule has 5 nitrogen and oxygen atoms in total. The van der Waals surface area contributed by atoms with Crippen LogP contribution in [0.25, 0.3) is 0 Å². The van der Waals surface area contributed by atoms with Crippen molar-refractivity contribution in [1.82, 2.24) is 10.2 Å². The van der Waals surface area contributed by atoms with Crippen molar-refractivity contribution in [2.45, 2.75) is 12.8 Å². The number of hydrogen-bond acceptors (Lipinski definition) is 5. The molecule has 0 bridgehead atoms. The van der Waals surface area contributed by atoms with Gasteiger partial charge >= 0.3 is 0 Å². The molecule has 1 unspecified atom stereocenters. The van der Waals surface area contributed by atoms with E-state index in [0.29, 0.717) is 6.54 Å². The summed E-state index contributed by atoms with van der Waals surface area (Å²) in [5.74, 6) is 0.947. The first-order chi connectivity index (χ1) is 7.90. The lowest BCUT2D eigenvalue weighted by Crippen LogP contribution is -2.50. The van der Waals surface area contributed by atoms with E-state index in [4.69, 9.17) is 14.9 Å². The highest BCUT2D eigenvalue weighted by atomic mass is 16.5. The molecule has 0 saturated carbocycles. The third-order valence-electron chi connectivity index (χ3n) is 2.67. The van der Waals surface area contributed by atoms with E-state index < -0.39 is 0 Å². The number of rotatable bonds is 5. The summed E-state index contributed by atoms with van der Waals surface area (Å²) in [7, 11) is 0. The lowest BCUT2D eigenvalue weighted by Gasteiger charge is -2.33. The van der Waals surface area contributed by atoms with Gasteiger partial charge in [-0.1, -0.05) is 0 Å². The number of ether oxygens (including phenoxy) is 1. The van der Waals surface area contributed by atoms with E-state index in [1.165, 1.54) is 0 Å². The maximum Gasteiger partial charge on any atom is 0.123 e. The number of nitrogens with zero attached hydrogens (tertiary/aromatic N) is 1. The first-order valence-corrected chi connectivity index (χ1v) is 5.69. The zero-order valence-electron chi connectivity index (χ0n) is 9.39. The van der Waals surface area contributed by atoms with Crippen molar-refractivity contribution in [3.8, 4) is 0 Å². The van der Waals surface area contributed by atoms with Crippen LogP contribution in [0.2, 0.25) is 0 Å². The predicted octanol–water partition coefficient (Wildman–Crippen LogP) is -0.0138. The van der Waals surface area contributed by atoms with Crippen LogP contribution in [0.15, 0.2) is 22.8 Å². The fourth-order valence-electron chi connectivity index (χ4n) is 1.88. The minimum absolute atomic E-state index is 0.0994. The third kappa shape index (κ3) is 3.05. The van der Waals surface area contributed by atoms with Crippen LogP contribution in [0.4, 0.5) is 0 Å². The summed E-state index contributed by atoms with van der Waals surface area (Å²) in [5.41, 5.74) is 5.62. The fraction of sp³-hybridized carbons (Fsp3) is 0.636. The van der Waals surface area contributed by atoms with Crippen molar-refractivity contribution >= 4 is 0 Å². The van der Waals surface area contributed by atoms with Crippen LogP contribution < -0.4 is 11.1 Å². The minimum Gasteiger partial charge on any atom is -0.468 e.